The summed E-state index contributed by atoms with van der Waals surface area (Å²) in [6.07, 6.45) is 0. The van der Waals surface area contributed by atoms with Gasteiger partial charge in [0.2, 0.25) is 0 Å². The third-order valence-electron chi connectivity index (χ3n) is 2.85. The largest absolute Gasteiger partial charge is 0.501 e. The Balaban J connectivity index is 2.05. The van der Waals surface area contributed by atoms with Gasteiger partial charge in [0.05, 0.1) is 19.8 Å². The van der Waals surface area contributed by atoms with Crippen molar-refractivity contribution in [3.63, 3.8) is 0 Å². The maximum Gasteiger partial charge on any atom is 0.501 e. The summed E-state index contributed by atoms with van der Waals surface area (Å²) in [6, 6.07) is 0.951. The molecule has 3 saturated heterocycles. The fourth-order valence-electron chi connectivity index (χ4n) is 2.13. The van der Waals surface area contributed by atoms with Crippen molar-refractivity contribution >= 4 is 8.80 Å². The van der Waals surface area contributed by atoms with Crippen LogP contribution in [0.4, 0.5) is 0 Å². The molecule has 3 aliphatic rings. The number of rotatable bonds is 2. The van der Waals surface area contributed by atoms with Crippen molar-refractivity contribution < 1.29 is 13.3 Å². The highest BCUT2D eigenvalue weighted by atomic mass is 28.4. The number of hydrogen-bond donors (Lipinski definition) is 0. The molecule has 0 N–H and O–H groups in total. The van der Waals surface area contributed by atoms with Crippen molar-refractivity contribution in [3.05, 3.63) is 0 Å². The van der Waals surface area contributed by atoms with Gasteiger partial charge in [-0.05, 0) is 5.92 Å². The zero-order valence-corrected chi connectivity index (χ0v) is 10.7. The van der Waals surface area contributed by atoms with Gasteiger partial charge >= 0.3 is 8.80 Å². The van der Waals surface area contributed by atoms with Gasteiger partial charge in [-0.2, -0.15) is 0 Å². The van der Waals surface area contributed by atoms with Crippen LogP contribution >= 0.6 is 0 Å². The van der Waals surface area contributed by atoms with E-state index in [9.17, 15) is 0 Å². The summed E-state index contributed by atoms with van der Waals surface area (Å²) >= 11 is 0. The minimum absolute atomic E-state index is 0.576. The summed E-state index contributed by atoms with van der Waals surface area (Å²) in [5, 5.41) is 0. The van der Waals surface area contributed by atoms with Gasteiger partial charge in [0.1, 0.15) is 0 Å². The van der Waals surface area contributed by atoms with Crippen LogP contribution in [0, 0.1) is 5.92 Å². The molecule has 5 heteroatoms. The maximum absolute atomic E-state index is 5.90. The molecule has 0 aromatic rings. The smallest absolute Gasteiger partial charge is 0.372 e. The molecule has 2 bridgehead atoms. The number of fused-ring (bicyclic) bond motifs is 6. The Bertz CT molecular complexity index is 186. The van der Waals surface area contributed by atoms with Crippen LogP contribution < -0.4 is 0 Å². The van der Waals surface area contributed by atoms with Gasteiger partial charge < -0.3 is 13.3 Å². The Kier molecular flexibility index (Phi) is 3.79. The molecule has 3 aliphatic heterocycles. The predicted molar refractivity (Wildman–Crippen MR) is 59.7 cm³/mol. The first-order chi connectivity index (χ1) is 7.20. The number of nitrogens with zero attached hydrogens (tertiary/aromatic N) is 1. The first-order valence-electron chi connectivity index (χ1n) is 5.84. The average Bonchev–Trinajstić information content (AvgIpc) is 2.05. The highest BCUT2D eigenvalue weighted by molar-refractivity contribution is 6.60. The normalized spacial score (nSPS) is 37.4. The fourth-order valence-corrected chi connectivity index (χ4v) is 4.94. The van der Waals surface area contributed by atoms with Gasteiger partial charge in [0.25, 0.3) is 0 Å². The fraction of sp³-hybridized carbons (Fsp3) is 1.00. The van der Waals surface area contributed by atoms with E-state index in [0.717, 1.165) is 45.5 Å². The molecule has 88 valence electrons. The lowest BCUT2D eigenvalue weighted by Crippen LogP contribution is -2.55. The molecule has 0 aliphatic carbocycles. The second-order valence-corrected chi connectivity index (χ2v) is 7.31. The summed E-state index contributed by atoms with van der Waals surface area (Å²) in [7, 11) is -2.32. The van der Waals surface area contributed by atoms with Crippen LogP contribution in [0.2, 0.25) is 6.04 Å². The number of hydrogen-bond acceptors (Lipinski definition) is 4. The molecule has 0 aromatic carbocycles. The molecule has 0 spiro atoms. The first kappa shape index (κ1) is 11.5. The van der Waals surface area contributed by atoms with E-state index in [1.807, 2.05) is 0 Å². The first-order valence-corrected chi connectivity index (χ1v) is 7.78. The van der Waals surface area contributed by atoms with Gasteiger partial charge in [-0.25, -0.2) is 0 Å². The molecule has 15 heavy (non-hydrogen) atoms. The van der Waals surface area contributed by atoms with E-state index in [-0.39, 0.29) is 0 Å². The van der Waals surface area contributed by atoms with Gasteiger partial charge in [-0.1, -0.05) is 13.8 Å². The zero-order valence-electron chi connectivity index (χ0n) is 9.70. The minimum atomic E-state index is -2.32. The van der Waals surface area contributed by atoms with E-state index < -0.39 is 8.80 Å². The molecule has 0 radical (unpaired) electrons. The standard InChI is InChI=1S/C10H21NO3Si/c1-10(2)9-15-12-6-3-11(4-7-13-15)5-8-14-15/h10H,3-9H2,1-2H3. The Morgan fingerprint density at radius 2 is 1.47 bits per heavy atom. The topological polar surface area (TPSA) is 30.9 Å². The Hall–Kier alpha value is 0.0569. The Morgan fingerprint density at radius 1 is 1.00 bits per heavy atom. The molecule has 0 saturated carbocycles. The van der Waals surface area contributed by atoms with Crippen molar-refractivity contribution in [2.24, 2.45) is 5.92 Å². The van der Waals surface area contributed by atoms with E-state index in [0.29, 0.717) is 5.92 Å². The van der Waals surface area contributed by atoms with E-state index in [4.69, 9.17) is 13.3 Å². The third kappa shape index (κ3) is 3.01. The molecule has 3 rings (SSSR count). The van der Waals surface area contributed by atoms with Gasteiger partial charge in [0.15, 0.2) is 0 Å². The summed E-state index contributed by atoms with van der Waals surface area (Å²) < 4.78 is 17.7. The van der Waals surface area contributed by atoms with Crippen LogP contribution in [0.3, 0.4) is 0 Å². The average molecular weight is 231 g/mol. The predicted octanol–water partition coefficient (Wildman–Crippen LogP) is 0.960. The van der Waals surface area contributed by atoms with Crippen molar-refractivity contribution in [2.75, 3.05) is 39.5 Å². The summed E-state index contributed by atoms with van der Waals surface area (Å²) in [5.41, 5.74) is 0. The van der Waals surface area contributed by atoms with Crippen molar-refractivity contribution in [1.82, 2.24) is 4.90 Å². The second-order valence-electron chi connectivity index (χ2n) is 4.67. The van der Waals surface area contributed by atoms with Gasteiger partial charge in [-0.15, -0.1) is 0 Å². The van der Waals surface area contributed by atoms with Crippen LogP contribution in [-0.4, -0.2) is 53.2 Å². The molecule has 0 aromatic heterocycles. The molecule has 0 unspecified atom stereocenters. The Morgan fingerprint density at radius 3 is 1.87 bits per heavy atom. The SMILES string of the molecule is CC(C)C[Si]12OCCN(CCO1)CCO2. The van der Waals surface area contributed by atoms with Crippen LogP contribution in [0.5, 0.6) is 0 Å². The summed E-state index contributed by atoms with van der Waals surface area (Å²) in [5.74, 6) is 0.576. The van der Waals surface area contributed by atoms with Crippen LogP contribution in [0.25, 0.3) is 0 Å². The Labute approximate surface area is 92.9 Å². The van der Waals surface area contributed by atoms with Crippen molar-refractivity contribution in [3.8, 4) is 0 Å². The molecule has 0 atom stereocenters. The lowest BCUT2D eigenvalue weighted by molar-refractivity contribution is -0.00996. The monoisotopic (exact) mass is 231 g/mol. The van der Waals surface area contributed by atoms with Crippen molar-refractivity contribution in [1.29, 1.82) is 0 Å². The highest BCUT2D eigenvalue weighted by Gasteiger charge is 2.44. The summed E-state index contributed by atoms with van der Waals surface area (Å²) in [4.78, 5) is 2.34. The van der Waals surface area contributed by atoms with Crippen LogP contribution in [-0.2, 0) is 13.3 Å². The molecular weight excluding hydrogens is 210 g/mol. The molecule has 0 amide bonds. The van der Waals surface area contributed by atoms with E-state index in [1.165, 1.54) is 0 Å². The molecule has 3 heterocycles. The summed E-state index contributed by atoms with van der Waals surface area (Å²) in [6.45, 7) is 9.76. The van der Waals surface area contributed by atoms with E-state index in [2.05, 4.69) is 18.7 Å². The van der Waals surface area contributed by atoms with Gasteiger partial charge in [0, 0.05) is 25.7 Å². The van der Waals surface area contributed by atoms with E-state index in [1.54, 1.807) is 0 Å². The quantitative estimate of drug-likeness (QED) is 0.662. The molecule has 3 fully saturated rings. The highest BCUT2D eigenvalue weighted by Crippen LogP contribution is 2.23. The zero-order chi connectivity index (χ0) is 10.7. The van der Waals surface area contributed by atoms with Gasteiger partial charge in [-0.3, -0.25) is 4.90 Å². The molecule has 4 nitrogen and oxygen atoms in total. The maximum atomic E-state index is 5.90. The van der Waals surface area contributed by atoms with Crippen LogP contribution in [0.15, 0.2) is 0 Å². The lowest BCUT2D eigenvalue weighted by Gasteiger charge is -2.38. The lowest BCUT2D eigenvalue weighted by atomic mass is 10.3. The molecular formula is C10H21NO3Si. The van der Waals surface area contributed by atoms with Crippen molar-refractivity contribution in [2.45, 2.75) is 19.9 Å². The third-order valence-corrected chi connectivity index (χ3v) is 6.10. The second kappa shape index (κ2) is 4.93. The van der Waals surface area contributed by atoms with Crippen LogP contribution in [0.1, 0.15) is 13.8 Å². The minimum Gasteiger partial charge on any atom is -0.372 e. The van der Waals surface area contributed by atoms with E-state index >= 15 is 0 Å².